The molecule has 0 atom stereocenters. The summed E-state index contributed by atoms with van der Waals surface area (Å²) >= 11 is 0. The second kappa shape index (κ2) is 13.3. The van der Waals surface area contributed by atoms with Crippen molar-refractivity contribution in [3.05, 3.63) is 107 Å². The largest absolute Gasteiger partial charge is 0.475 e. The monoisotopic (exact) mass is 704 g/mol. The molecule has 0 spiro atoms. The Bertz CT molecular complexity index is 2690. The summed E-state index contributed by atoms with van der Waals surface area (Å²) in [6.07, 6.45) is 2.79. The van der Waals surface area contributed by atoms with Crippen LogP contribution in [0.15, 0.2) is 69.8 Å². The second-order valence-corrected chi connectivity index (χ2v) is 11.0. The predicted molar refractivity (Wildman–Crippen MR) is 175 cm³/mol. The molecule has 2 amide bonds. The summed E-state index contributed by atoms with van der Waals surface area (Å²) in [5.41, 5.74) is 4.78. The van der Waals surface area contributed by atoms with E-state index in [4.69, 9.17) is 13.9 Å². The Morgan fingerprint density at radius 2 is 1.12 bits per heavy atom. The number of aromatic carboxylic acids is 2. The van der Waals surface area contributed by atoms with Crippen LogP contribution in [0.4, 0.5) is 0 Å². The average molecular weight is 705 g/mol. The van der Waals surface area contributed by atoms with E-state index in [1.807, 2.05) is 0 Å². The SMILES string of the molecule is Cc1nc2cc(CNC(=O)c3nc(C(=O)O)n4nccc4n3)ccc2o1.Cc1nc2cc(CNC(=O)c3nc(C(=O)O)nc4ccnn34)ccc2o1. The number of carbonyl (C=O) groups excluding carboxylic acids is 2. The number of fused-ring (bicyclic) bond motifs is 4. The van der Waals surface area contributed by atoms with Crippen molar-refractivity contribution < 1.29 is 38.2 Å². The lowest BCUT2D eigenvalue weighted by Gasteiger charge is -2.07. The predicted octanol–water partition coefficient (Wildman–Crippen LogP) is 2.40. The molecule has 0 aliphatic rings. The third-order valence-electron chi connectivity index (χ3n) is 7.32. The molecule has 0 radical (unpaired) electrons. The van der Waals surface area contributed by atoms with Crippen molar-refractivity contribution in [3.63, 3.8) is 0 Å². The number of oxazole rings is 2. The topological polar surface area (TPSA) is 271 Å². The summed E-state index contributed by atoms with van der Waals surface area (Å²) in [6.45, 7) is 3.92. The maximum atomic E-state index is 12.5. The lowest BCUT2D eigenvalue weighted by molar-refractivity contribution is 0.0670. The number of nitrogens with zero attached hydrogens (tertiary/aromatic N) is 10. The molecule has 0 unspecified atom stereocenters. The first-order chi connectivity index (χ1) is 25.0. The zero-order chi connectivity index (χ0) is 36.5. The molecule has 0 aliphatic carbocycles. The molecule has 0 saturated carbocycles. The molecule has 260 valence electrons. The molecule has 8 rings (SSSR count). The summed E-state index contributed by atoms with van der Waals surface area (Å²) in [6, 6.07) is 13.7. The Hall–Kier alpha value is -7.64. The highest BCUT2D eigenvalue weighted by Crippen LogP contribution is 2.18. The van der Waals surface area contributed by atoms with Gasteiger partial charge in [-0.3, -0.25) is 9.59 Å². The summed E-state index contributed by atoms with van der Waals surface area (Å²) in [5, 5.41) is 31.5. The van der Waals surface area contributed by atoms with Gasteiger partial charge in [-0.25, -0.2) is 29.5 Å². The quantitative estimate of drug-likeness (QED) is 0.177. The normalized spacial score (nSPS) is 11.1. The van der Waals surface area contributed by atoms with Crippen LogP contribution in [0.1, 0.15) is 65.4 Å². The van der Waals surface area contributed by atoms with Gasteiger partial charge >= 0.3 is 11.9 Å². The summed E-state index contributed by atoms with van der Waals surface area (Å²) in [5.74, 6) is -3.92. The van der Waals surface area contributed by atoms with Crippen LogP contribution >= 0.6 is 0 Å². The molecule has 0 fully saturated rings. The summed E-state index contributed by atoms with van der Waals surface area (Å²) in [4.78, 5) is 71.2. The summed E-state index contributed by atoms with van der Waals surface area (Å²) < 4.78 is 13.1. The van der Waals surface area contributed by atoms with E-state index in [2.05, 4.69) is 50.7 Å². The van der Waals surface area contributed by atoms with Gasteiger partial charge in [0.2, 0.25) is 23.3 Å². The van der Waals surface area contributed by atoms with Gasteiger partial charge in [-0.2, -0.15) is 29.2 Å². The first kappa shape index (κ1) is 32.9. The molecule has 6 heterocycles. The van der Waals surface area contributed by atoms with E-state index in [-0.39, 0.29) is 41.9 Å². The number of amides is 2. The second-order valence-electron chi connectivity index (χ2n) is 11.0. The van der Waals surface area contributed by atoms with Crippen LogP contribution in [0.2, 0.25) is 0 Å². The lowest BCUT2D eigenvalue weighted by Crippen LogP contribution is -2.28. The van der Waals surface area contributed by atoms with Gasteiger partial charge in [0.25, 0.3) is 11.8 Å². The minimum atomic E-state index is -1.32. The van der Waals surface area contributed by atoms with E-state index in [1.54, 1.807) is 50.2 Å². The maximum Gasteiger partial charge on any atom is 0.374 e. The van der Waals surface area contributed by atoms with Crippen LogP contribution < -0.4 is 10.6 Å². The Labute approximate surface area is 289 Å². The van der Waals surface area contributed by atoms with Crippen LogP contribution in [0.3, 0.4) is 0 Å². The Kier molecular flexibility index (Phi) is 8.44. The molecule has 20 heteroatoms. The van der Waals surface area contributed by atoms with E-state index >= 15 is 0 Å². The minimum Gasteiger partial charge on any atom is -0.475 e. The van der Waals surface area contributed by atoms with Crippen molar-refractivity contribution in [2.24, 2.45) is 0 Å². The van der Waals surface area contributed by atoms with Gasteiger partial charge in [-0.05, 0) is 35.4 Å². The molecule has 6 aromatic heterocycles. The van der Waals surface area contributed by atoms with Crippen LogP contribution in [0.5, 0.6) is 0 Å². The number of carboxylic acids is 2. The third kappa shape index (κ3) is 6.65. The molecular weight excluding hydrogens is 680 g/mol. The molecule has 0 aliphatic heterocycles. The number of benzene rings is 2. The number of rotatable bonds is 8. The Morgan fingerprint density at radius 1 is 0.615 bits per heavy atom. The smallest absolute Gasteiger partial charge is 0.374 e. The van der Waals surface area contributed by atoms with Crippen molar-refractivity contribution in [1.82, 2.24) is 59.8 Å². The number of nitrogens with one attached hydrogen (secondary N) is 2. The van der Waals surface area contributed by atoms with Gasteiger partial charge in [0.15, 0.2) is 34.2 Å². The van der Waals surface area contributed by atoms with Crippen LogP contribution in [-0.4, -0.2) is 83.1 Å². The van der Waals surface area contributed by atoms with Gasteiger partial charge in [0.05, 0.1) is 12.4 Å². The fourth-order valence-corrected chi connectivity index (χ4v) is 5.05. The first-order valence-corrected chi connectivity index (χ1v) is 15.2. The molecule has 8 aromatic rings. The van der Waals surface area contributed by atoms with Crippen LogP contribution in [0, 0.1) is 13.8 Å². The van der Waals surface area contributed by atoms with Crippen LogP contribution in [-0.2, 0) is 13.1 Å². The van der Waals surface area contributed by atoms with E-state index in [0.717, 1.165) is 15.6 Å². The fourth-order valence-electron chi connectivity index (χ4n) is 5.05. The minimum absolute atomic E-state index is 0.157. The molecule has 2 aromatic carbocycles. The zero-order valence-electron chi connectivity index (χ0n) is 27.0. The highest BCUT2D eigenvalue weighted by atomic mass is 16.4. The van der Waals surface area contributed by atoms with Crippen LogP contribution in [0.25, 0.3) is 33.5 Å². The number of aryl methyl sites for hydroxylation is 2. The number of carboxylic acid groups (broad SMARTS) is 2. The number of aromatic nitrogens is 10. The molecule has 0 bridgehead atoms. The highest BCUT2D eigenvalue weighted by Gasteiger charge is 2.20. The zero-order valence-corrected chi connectivity index (χ0v) is 27.0. The maximum absolute atomic E-state index is 12.5. The van der Waals surface area contributed by atoms with Gasteiger partial charge in [-0.1, -0.05) is 12.1 Å². The van der Waals surface area contributed by atoms with Gasteiger partial charge < -0.3 is 29.7 Å². The van der Waals surface area contributed by atoms with Gasteiger partial charge in [0, 0.05) is 39.1 Å². The molecule has 0 saturated heterocycles. The van der Waals surface area contributed by atoms with E-state index < -0.39 is 29.6 Å². The van der Waals surface area contributed by atoms with Crippen molar-refractivity contribution in [2.75, 3.05) is 0 Å². The number of carbonyl (C=O) groups is 4. The van der Waals surface area contributed by atoms with Crippen molar-refractivity contribution in [2.45, 2.75) is 26.9 Å². The molecule has 20 nitrogen and oxygen atoms in total. The average Bonchev–Trinajstić information content (AvgIpc) is 3.93. The van der Waals surface area contributed by atoms with E-state index in [9.17, 15) is 24.3 Å². The highest BCUT2D eigenvalue weighted by molar-refractivity contribution is 5.93. The summed E-state index contributed by atoms with van der Waals surface area (Å²) in [7, 11) is 0. The van der Waals surface area contributed by atoms with Crippen molar-refractivity contribution >= 4 is 57.2 Å². The Morgan fingerprint density at radius 3 is 1.65 bits per heavy atom. The van der Waals surface area contributed by atoms with Crippen molar-refractivity contribution in [1.29, 1.82) is 0 Å². The number of hydrogen-bond donors (Lipinski definition) is 4. The Balaban J connectivity index is 0.000000162. The molecule has 52 heavy (non-hydrogen) atoms. The van der Waals surface area contributed by atoms with E-state index in [0.29, 0.717) is 34.0 Å². The molecular formula is C32H24N12O8. The first-order valence-electron chi connectivity index (χ1n) is 15.2. The fraction of sp³-hybridized carbons (Fsp3) is 0.125. The third-order valence-corrected chi connectivity index (χ3v) is 7.32. The lowest BCUT2D eigenvalue weighted by atomic mass is 10.2. The number of hydrogen-bond acceptors (Lipinski definition) is 14. The van der Waals surface area contributed by atoms with Gasteiger partial charge in [-0.15, -0.1) is 0 Å². The van der Waals surface area contributed by atoms with Gasteiger partial charge in [0.1, 0.15) is 11.0 Å². The van der Waals surface area contributed by atoms with E-state index in [1.165, 1.54) is 29.0 Å². The van der Waals surface area contributed by atoms with Crippen molar-refractivity contribution in [3.8, 4) is 0 Å². The molecule has 4 N–H and O–H groups in total. The standard InChI is InChI=1S/2C16H12N6O4/c1-8-19-10-6-9(2-3-11(10)26-8)7-17-15(23)14-21-13(16(24)25)20-12-4-5-18-22(12)14;1-8-19-10-6-9(2-3-11(10)26-8)7-17-15(23)13-20-12-4-5-18-22(12)14(21-13)16(24)25/h2*2-6H,7H2,1H3,(H,17,23)(H,24,25).